The topological polar surface area (TPSA) is 24.1 Å². The van der Waals surface area contributed by atoms with Gasteiger partial charge in [-0.05, 0) is 51.5 Å². The Balaban J connectivity index is 3.31. The zero-order valence-electron chi connectivity index (χ0n) is 15.6. The van der Waals surface area contributed by atoms with Gasteiger partial charge in [-0.2, -0.15) is 0 Å². The summed E-state index contributed by atoms with van der Waals surface area (Å²) in [5.41, 5.74) is 2.52. The molecule has 1 unspecified atom stereocenters. The van der Waals surface area contributed by atoms with Gasteiger partial charge in [0, 0.05) is 18.3 Å². The van der Waals surface area contributed by atoms with Gasteiger partial charge in [0.05, 0.1) is 0 Å². The molecular formula is C20H40N2. The molecule has 0 spiro atoms. The standard InChI is InChI=1S/C20H40N2/c1-17(2)19(5)13-9-10-14-20(6)22-16-12-8-7-11-15-21-18(3)4/h18-19,21-22H,1,6-16H2,2-5H3. The molecule has 0 fully saturated rings. The van der Waals surface area contributed by atoms with Crippen LogP contribution in [0.1, 0.15) is 79.1 Å². The molecule has 0 amide bonds. The number of allylic oxidation sites excluding steroid dienone is 2. The van der Waals surface area contributed by atoms with E-state index in [1.165, 1.54) is 56.2 Å². The summed E-state index contributed by atoms with van der Waals surface area (Å²) in [6, 6.07) is 0.614. The molecule has 0 aromatic carbocycles. The highest BCUT2D eigenvalue weighted by Gasteiger charge is 2.02. The Labute approximate surface area is 139 Å². The van der Waals surface area contributed by atoms with Gasteiger partial charge in [0.2, 0.25) is 0 Å². The molecule has 0 aromatic heterocycles. The zero-order chi connectivity index (χ0) is 16.8. The van der Waals surface area contributed by atoms with Crippen LogP contribution >= 0.6 is 0 Å². The summed E-state index contributed by atoms with van der Waals surface area (Å²) in [5, 5.41) is 6.94. The van der Waals surface area contributed by atoms with E-state index < -0.39 is 0 Å². The van der Waals surface area contributed by atoms with Crippen LogP contribution in [0, 0.1) is 5.92 Å². The SMILES string of the molecule is C=C(CCCCC(C)C(=C)C)NCCCCCCNC(C)C. The molecule has 0 aromatic rings. The van der Waals surface area contributed by atoms with Crippen molar-refractivity contribution in [2.45, 2.75) is 85.1 Å². The Hall–Kier alpha value is -0.760. The highest BCUT2D eigenvalue weighted by molar-refractivity contribution is 4.94. The molecule has 2 heteroatoms. The van der Waals surface area contributed by atoms with Gasteiger partial charge in [-0.15, -0.1) is 0 Å². The molecule has 22 heavy (non-hydrogen) atoms. The number of unbranched alkanes of at least 4 members (excludes halogenated alkanes) is 4. The van der Waals surface area contributed by atoms with Gasteiger partial charge >= 0.3 is 0 Å². The van der Waals surface area contributed by atoms with Crippen LogP contribution in [0.15, 0.2) is 24.4 Å². The summed E-state index contributed by atoms with van der Waals surface area (Å²) in [6.07, 6.45) is 10.1. The summed E-state index contributed by atoms with van der Waals surface area (Å²) < 4.78 is 0. The lowest BCUT2D eigenvalue weighted by Gasteiger charge is -2.12. The quantitative estimate of drug-likeness (QED) is 0.312. The van der Waals surface area contributed by atoms with Gasteiger partial charge in [0.25, 0.3) is 0 Å². The molecule has 0 bridgehead atoms. The lowest BCUT2D eigenvalue weighted by Crippen LogP contribution is -2.23. The van der Waals surface area contributed by atoms with Crippen molar-refractivity contribution in [2.24, 2.45) is 5.92 Å². The van der Waals surface area contributed by atoms with Gasteiger partial charge in [-0.1, -0.05) is 58.8 Å². The molecule has 2 nitrogen and oxygen atoms in total. The molecule has 0 aliphatic carbocycles. The summed E-state index contributed by atoms with van der Waals surface area (Å²) in [5.74, 6) is 0.659. The molecule has 1 atom stereocenters. The first kappa shape index (κ1) is 21.2. The first-order chi connectivity index (χ1) is 10.4. The van der Waals surface area contributed by atoms with Gasteiger partial charge in [0.1, 0.15) is 0 Å². The van der Waals surface area contributed by atoms with E-state index in [-0.39, 0.29) is 0 Å². The maximum atomic E-state index is 4.13. The van der Waals surface area contributed by atoms with E-state index in [9.17, 15) is 0 Å². The average Bonchev–Trinajstić information content (AvgIpc) is 2.45. The highest BCUT2D eigenvalue weighted by atomic mass is 14.9. The van der Waals surface area contributed by atoms with Crippen LogP contribution in [0.2, 0.25) is 0 Å². The van der Waals surface area contributed by atoms with Crippen LogP contribution in [0.3, 0.4) is 0 Å². The molecule has 0 aliphatic rings. The number of hydrogen-bond acceptors (Lipinski definition) is 2. The van der Waals surface area contributed by atoms with Crippen LogP contribution in [-0.4, -0.2) is 19.1 Å². The van der Waals surface area contributed by atoms with Crippen LogP contribution in [-0.2, 0) is 0 Å². The fourth-order valence-corrected chi connectivity index (χ4v) is 2.38. The predicted molar refractivity (Wildman–Crippen MR) is 101 cm³/mol. The second-order valence-corrected chi connectivity index (χ2v) is 7.05. The van der Waals surface area contributed by atoms with Gasteiger partial charge in [-0.3, -0.25) is 0 Å². The van der Waals surface area contributed by atoms with E-state index >= 15 is 0 Å². The molecule has 0 saturated carbocycles. The third-order valence-electron chi connectivity index (χ3n) is 4.24. The monoisotopic (exact) mass is 308 g/mol. The Morgan fingerprint density at radius 1 is 0.864 bits per heavy atom. The van der Waals surface area contributed by atoms with Gasteiger partial charge in [-0.25, -0.2) is 0 Å². The fourth-order valence-electron chi connectivity index (χ4n) is 2.38. The van der Waals surface area contributed by atoms with Crippen molar-refractivity contribution in [3.8, 4) is 0 Å². The van der Waals surface area contributed by atoms with Crippen LogP contribution in [0.25, 0.3) is 0 Å². The van der Waals surface area contributed by atoms with Crippen LogP contribution in [0.5, 0.6) is 0 Å². The Morgan fingerprint density at radius 3 is 2.09 bits per heavy atom. The second-order valence-electron chi connectivity index (χ2n) is 7.05. The molecule has 0 heterocycles. The van der Waals surface area contributed by atoms with Gasteiger partial charge in [0.15, 0.2) is 0 Å². The van der Waals surface area contributed by atoms with E-state index in [1.807, 2.05) is 0 Å². The van der Waals surface area contributed by atoms with E-state index in [1.54, 1.807) is 0 Å². The molecule has 0 aliphatic heterocycles. The lowest BCUT2D eigenvalue weighted by molar-refractivity contribution is 0.533. The summed E-state index contributed by atoms with van der Waals surface area (Å²) in [6.45, 7) is 19.2. The maximum absolute atomic E-state index is 4.13. The molecule has 130 valence electrons. The van der Waals surface area contributed by atoms with Crippen LogP contribution in [0.4, 0.5) is 0 Å². The molecule has 0 radical (unpaired) electrons. The van der Waals surface area contributed by atoms with E-state index in [0.29, 0.717) is 12.0 Å². The minimum atomic E-state index is 0.614. The zero-order valence-corrected chi connectivity index (χ0v) is 15.6. The third kappa shape index (κ3) is 14.2. The normalized spacial score (nSPS) is 12.4. The highest BCUT2D eigenvalue weighted by Crippen LogP contribution is 2.16. The predicted octanol–water partition coefficient (Wildman–Crippen LogP) is 5.42. The second kappa shape index (κ2) is 13.9. The Kier molecular flexibility index (Phi) is 13.4. The van der Waals surface area contributed by atoms with Crippen molar-refractivity contribution in [1.82, 2.24) is 10.6 Å². The fraction of sp³-hybridized carbons (Fsp3) is 0.800. The summed E-state index contributed by atoms with van der Waals surface area (Å²) >= 11 is 0. The minimum absolute atomic E-state index is 0.614. The van der Waals surface area contributed by atoms with E-state index in [2.05, 4.69) is 51.5 Å². The molecule has 2 N–H and O–H groups in total. The van der Waals surface area contributed by atoms with Crippen molar-refractivity contribution in [3.63, 3.8) is 0 Å². The van der Waals surface area contributed by atoms with Crippen molar-refractivity contribution >= 4 is 0 Å². The van der Waals surface area contributed by atoms with Crippen molar-refractivity contribution in [2.75, 3.05) is 13.1 Å². The average molecular weight is 309 g/mol. The summed E-state index contributed by atoms with van der Waals surface area (Å²) in [4.78, 5) is 0. The van der Waals surface area contributed by atoms with E-state index in [4.69, 9.17) is 0 Å². The Morgan fingerprint density at radius 2 is 1.50 bits per heavy atom. The lowest BCUT2D eigenvalue weighted by atomic mass is 9.97. The van der Waals surface area contributed by atoms with Crippen molar-refractivity contribution < 1.29 is 0 Å². The largest absolute Gasteiger partial charge is 0.389 e. The molecule has 0 rings (SSSR count). The van der Waals surface area contributed by atoms with Crippen molar-refractivity contribution in [3.05, 3.63) is 24.4 Å². The number of nitrogens with one attached hydrogen (secondary N) is 2. The van der Waals surface area contributed by atoms with Crippen LogP contribution < -0.4 is 10.6 Å². The van der Waals surface area contributed by atoms with Gasteiger partial charge < -0.3 is 10.6 Å². The number of hydrogen-bond donors (Lipinski definition) is 2. The molecular weight excluding hydrogens is 268 g/mol. The van der Waals surface area contributed by atoms with E-state index in [0.717, 1.165) is 19.5 Å². The Bertz CT molecular complexity index is 294. The van der Waals surface area contributed by atoms with Crippen molar-refractivity contribution in [1.29, 1.82) is 0 Å². The minimum Gasteiger partial charge on any atom is -0.389 e. The smallest absolute Gasteiger partial charge is 0.0143 e. The first-order valence-corrected chi connectivity index (χ1v) is 9.24. The number of rotatable bonds is 15. The first-order valence-electron chi connectivity index (χ1n) is 9.24. The summed E-state index contributed by atoms with van der Waals surface area (Å²) in [7, 11) is 0. The molecule has 0 saturated heterocycles. The third-order valence-corrected chi connectivity index (χ3v) is 4.24. The maximum Gasteiger partial charge on any atom is 0.0143 e.